The van der Waals surface area contributed by atoms with Gasteiger partial charge in [0.2, 0.25) is 0 Å². The molecule has 0 spiro atoms. The molecular weight excluding hydrogens is 176 g/mol. The van der Waals surface area contributed by atoms with Gasteiger partial charge in [-0.1, -0.05) is 13.3 Å². The fourth-order valence-electron chi connectivity index (χ4n) is 1.75. The van der Waals surface area contributed by atoms with Gasteiger partial charge in [-0.2, -0.15) is 4.21 Å². The Hall–Kier alpha value is 0.0700. The first-order valence-electron chi connectivity index (χ1n) is 4.50. The molecule has 1 N–H and O–H groups in total. The van der Waals surface area contributed by atoms with E-state index in [0.717, 1.165) is 31.6 Å². The van der Waals surface area contributed by atoms with Crippen LogP contribution in [-0.4, -0.2) is 14.9 Å². The Morgan fingerprint density at radius 2 is 2.00 bits per heavy atom. The minimum absolute atomic E-state index is 0.0126. The molecule has 3 nitrogen and oxygen atoms in total. The molecule has 0 saturated heterocycles. The largest absolute Gasteiger partial charge is 0.302 e. The maximum absolute atomic E-state index is 10.3. The van der Waals surface area contributed by atoms with E-state index < -0.39 is 11.4 Å². The molecule has 1 aliphatic rings. The SMILES string of the molecule is CCC1CCC(OS(=O)O)CC1. The second-order valence-corrected chi connectivity index (χ2v) is 3.99. The smallest absolute Gasteiger partial charge is 0.284 e. The summed E-state index contributed by atoms with van der Waals surface area (Å²) >= 11 is -2.08. The molecule has 72 valence electrons. The zero-order chi connectivity index (χ0) is 8.97. The van der Waals surface area contributed by atoms with Gasteiger partial charge in [0.15, 0.2) is 0 Å². The monoisotopic (exact) mass is 192 g/mol. The predicted octanol–water partition coefficient (Wildman–Crippen LogP) is 2.11. The van der Waals surface area contributed by atoms with Gasteiger partial charge in [-0.05, 0) is 31.6 Å². The summed E-state index contributed by atoms with van der Waals surface area (Å²) in [5, 5.41) is 0. The Kier molecular flexibility index (Phi) is 4.18. The number of rotatable bonds is 3. The number of hydrogen-bond acceptors (Lipinski definition) is 2. The molecule has 4 heteroatoms. The van der Waals surface area contributed by atoms with Crippen molar-refractivity contribution in [2.75, 3.05) is 0 Å². The molecule has 0 aromatic heterocycles. The van der Waals surface area contributed by atoms with Gasteiger partial charge >= 0.3 is 11.4 Å². The van der Waals surface area contributed by atoms with E-state index in [9.17, 15) is 4.21 Å². The Morgan fingerprint density at radius 3 is 2.42 bits per heavy atom. The highest BCUT2D eigenvalue weighted by Crippen LogP contribution is 2.28. The van der Waals surface area contributed by atoms with Gasteiger partial charge in [-0.25, -0.2) is 0 Å². The summed E-state index contributed by atoms with van der Waals surface area (Å²) in [7, 11) is 0. The zero-order valence-electron chi connectivity index (χ0n) is 7.36. The van der Waals surface area contributed by atoms with Crippen LogP contribution in [0.25, 0.3) is 0 Å². The molecule has 0 aromatic carbocycles. The summed E-state index contributed by atoms with van der Waals surface area (Å²) in [4.78, 5) is 0. The third kappa shape index (κ3) is 3.21. The van der Waals surface area contributed by atoms with E-state index in [1.165, 1.54) is 6.42 Å². The van der Waals surface area contributed by atoms with E-state index in [1.807, 2.05) is 0 Å². The molecule has 1 saturated carbocycles. The summed E-state index contributed by atoms with van der Waals surface area (Å²) in [6.07, 6.45) is 5.38. The van der Waals surface area contributed by atoms with Crippen LogP contribution in [0.1, 0.15) is 39.0 Å². The maximum Gasteiger partial charge on any atom is 0.302 e. The molecular formula is C8H16O3S. The van der Waals surface area contributed by atoms with E-state index in [1.54, 1.807) is 0 Å². The molecule has 0 radical (unpaired) electrons. The van der Waals surface area contributed by atoms with Crippen LogP contribution in [0.15, 0.2) is 0 Å². The third-order valence-electron chi connectivity index (χ3n) is 2.59. The van der Waals surface area contributed by atoms with Gasteiger partial charge in [0.05, 0.1) is 6.10 Å². The molecule has 0 heterocycles. The Balaban J connectivity index is 2.21. The molecule has 1 aliphatic carbocycles. The first-order chi connectivity index (χ1) is 5.72. The van der Waals surface area contributed by atoms with Gasteiger partial charge < -0.3 is 0 Å². The topological polar surface area (TPSA) is 46.5 Å². The third-order valence-corrected chi connectivity index (χ3v) is 3.03. The van der Waals surface area contributed by atoms with Crippen LogP contribution in [0.3, 0.4) is 0 Å². The molecule has 12 heavy (non-hydrogen) atoms. The summed E-state index contributed by atoms with van der Waals surface area (Å²) < 4.78 is 23.6. The lowest BCUT2D eigenvalue weighted by Crippen LogP contribution is -2.21. The van der Waals surface area contributed by atoms with Crippen LogP contribution >= 0.6 is 0 Å². The van der Waals surface area contributed by atoms with Gasteiger partial charge in [0, 0.05) is 0 Å². The summed E-state index contributed by atoms with van der Waals surface area (Å²) in [6.45, 7) is 2.19. The van der Waals surface area contributed by atoms with Crippen molar-refractivity contribution in [1.82, 2.24) is 0 Å². The van der Waals surface area contributed by atoms with Crippen molar-refractivity contribution in [2.24, 2.45) is 5.92 Å². The summed E-state index contributed by atoms with van der Waals surface area (Å²) in [5.74, 6) is 0.803. The second-order valence-electron chi connectivity index (χ2n) is 3.36. The van der Waals surface area contributed by atoms with Crippen LogP contribution in [0.4, 0.5) is 0 Å². The minimum atomic E-state index is -2.08. The van der Waals surface area contributed by atoms with Crippen molar-refractivity contribution < 1.29 is 12.9 Å². The molecule has 1 atom stereocenters. The van der Waals surface area contributed by atoms with Crippen LogP contribution in [-0.2, 0) is 15.5 Å². The average Bonchev–Trinajstić information content (AvgIpc) is 2.05. The zero-order valence-corrected chi connectivity index (χ0v) is 8.18. The van der Waals surface area contributed by atoms with Crippen molar-refractivity contribution in [3.63, 3.8) is 0 Å². The molecule has 1 fully saturated rings. The molecule has 0 bridgehead atoms. The van der Waals surface area contributed by atoms with Crippen molar-refractivity contribution >= 4 is 11.4 Å². The molecule has 0 amide bonds. The highest BCUT2D eigenvalue weighted by molar-refractivity contribution is 7.74. The molecule has 0 aromatic rings. The summed E-state index contributed by atoms with van der Waals surface area (Å²) in [5.41, 5.74) is 0. The lowest BCUT2D eigenvalue weighted by molar-refractivity contribution is 0.133. The van der Waals surface area contributed by atoms with Crippen molar-refractivity contribution in [3.05, 3.63) is 0 Å². The van der Waals surface area contributed by atoms with Crippen LogP contribution < -0.4 is 0 Å². The van der Waals surface area contributed by atoms with E-state index in [-0.39, 0.29) is 6.10 Å². The lowest BCUT2D eigenvalue weighted by atomic mass is 9.86. The van der Waals surface area contributed by atoms with Crippen LogP contribution in [0, 0.1) is 5.92 Å². The van der Waals surface area contributed by atoms with Crippen molar-refractivity contribution in [1.29, 1.82) is 0 Å². The van der Waals surface area contributed by atoms with Gasteiger partial charge in [-0.3, -0.25) is 8.74 Å². The van der Waals surface area contributed by atoms with Crippen molar-refractivity contribution in [2.45, 2.75) is 45.1 Å². The average molecular weight is 192 g/mol. The first-order valence-corrected chi connectivity index (χ1v) is 5.53. The Morgan fingerprint density at radius 1 is 1.42 bits per heavy atom. The van der Waals surface area contributed by atoms with Gasteiger partial charge in [0.25, 0.3) is 0 Å². The predicted molar refractivity (Wildman–Crippen MR) is 47.9 cm³/mol. The molecule has 0 aliphatic heterocycles. The van der Waals surface area contributed by atoms with E-state index in [4.69, 9.17) is 8.74 Å². The fraction of sp³-hybridized carbons (Fsp3) is 1.00. The van der Waals surface area contributed by atoms with E-state index in [2.05, 4.69) is 6.92 Å². The lowest BCUT2D eigenvalue weighted by Gasteiger charge is -2.25. The Labute approximate surface area is 76.0 Å². The fourth-order valence-corrected chi connectivity index (χ4v) is 2.18. The van der Waals surface area contributed by atoms with Crippen molar-refractivity contribution in [3.8, 4) is 0 Å². The van der Waals surface area contributed by atoms with Crippen LogP contribution in [0.2, 0.25) is 0 Å². The van der Waals surface area contributed by atoms with Crippen LogP contribution in [0.5, 0.6) is 0 Å². The van der Waals surface area contributed by atoms with E-state index in [0.29, 0.717) is 0 Å². The Bertz CT molecular complexity index is 152. The highest BCUT2D eigenvalue weighted by atomic mass is 32.2. The maximum atomic E-state index is 10.3. The van der Waals surface area contributed by atoms with Gasteiger partial charge in [-0.15, -0.1) is 0 Å². The summed E-state index contributed by atoms with van der Waals surface area (Å²) in [6, 6.07) is 0. The quantitative estimate of drug-likeness (QED) is 0.697. The highest BCUT2D eigenvalue weighted by Gasteiger charge is 2.21. The molecule has 1 rings (SSSR count). The molecule has 1 unspecified atom stereocenters. The van der Waals surface area contributed by atoms with E-state index >= 15 is 0 Å². The minimum Gasteiger partial charge on any atom is -0.284 e. The second kappa shape index (κ2) is 4.94. The number of hydrogen-bond donors (Lipinski definition) is 1. The standard InChI is InChI=1S/C8H16O3S/c1-2-7-3-5-8(6-4-7)11-12(9)10/h7-8H,2-6H2,1H3,(H,9,10). The first kappa shape index (κ1) is 10.2. The van der Waals surface area contributed by atoms with Gasteiger partial charge in [0.1, 0.15) is 0 Å². The normalized spacial score (nSPS) is 33.2.